The van der Waals surface area contributed by atoms with E-state index < -0.39 is 22.4 Å². The average molecular weight is 245 g/mol. The fourth-order valence-corrected chi connectivity index (χ4v) is 1.64. The van der Waals surface area contributed by atoms with E-state index in [9.17, 15) is 19.7 Å². The molecular formula is C10H5N4O4. The summed E-state index contributed by atoms with van der Waals surface area (Å²) in [5.74, 6) is -2.08. The van der Waals surface area contributed by atoms with E-state index in [1.807, 2.05) is 0 Å². The molecular weight excluding hydrogens is 240 g/mol. The third-order valence-electron chi connectivity index (χ3n) is 2.49. The van der Waals surface area contributed by atoms with Gasteiger partial charge in [-0.2, -0.15) is 5.26 Å². The molecule has 0 fully saturated rings. The molecule has 8 heteroatoms. The smallest absolute Gasteiger partial charge is 0.310 e. The number of hydrogen-bond acceptors (Lipinski definition) is 5. The van der Waals surface area contributed by atoms with Crippen LogP contribution in [0.25, 0.3) is 0 Å². The van der Waals surface area contributed by atoms with Gasteiger partial charge in [-0.1, -0.05) is 0 Å². The second-order valence-corrected chi connectivity index (χ2v) is 3.53. The number of nitriles is 1. The Morgan fingerprint density at radius 1 is 1.50 bits per heavy atom. The predicted octanol–water partition coefficient (Wildman–Crippen LogP) is 0.490. The third kappa shape index (κ3) is 1.54. The van der Waals surface area contributed by atoms with Gasteiger partial charge in [-0.3, -0.25) is 19.7 Å². The summed E-state index contributed by atoms with van der Waals surface area (Å²) < 4.78 is 0. The van der Waals surface area contributed by atoms with Crippen LogP contribution in [0, 0.1) is 28.4 Å². The Morgan fingerprint density at radius 3 is 2.72 bits per heavy atom. The molecule has 1 radical (unpaired) electrons. The van der Waals surface area contributed by atoms with E-state index in [4.69, 9.17) is 5.26 Å². The number of carbonyl (C=O) groups is 2. The number of rotatable bonds is 1. The number of nitro groups is 1. The van der Waals surface area contributed by atoms with Crippen molar-refractivity contribution >= 4 is 28.9 Å². The Hall–Kier alpha value is -2.95. The largest absolute Gasteiger partial charge is 0.335 e. The Labute approximate surface area is 100 Å². The van der Waals surface area contributed by atoms with Crippen LogP contribution in [0.4, 0.5) is 17.1 Å². The van der Waals surface area contributed by atoms with Crippen molar-refractivity contribution in [3.05, 3.63) is 27.3 Å². The van der Waals surface area contributed by atoms with Crippen LogP contribution in [0.2, 0.25) is 0 Å². The van der Waals surface area contributed by atoms with Crippen LogP contribution < -0.4 is 10.6 Å². The first kappa shape index (κ1) is 11.5. The topological polar surface area (TPSA) is 127 Å². The highest BCUT2D eigenvalue weighted by atomic mass is 16.6. The molecule has 0 atom stereocenters. The fourth-order valence-electron chi connectivity index (χ4n) is 1.64. The molecule has 0 unspecified atom stereocenters. The molecule has 1 aromatic carbocycles. The molecule has 0 aromatic heterocycles. The molecule has 2 amide bonds. The summed E-state index contributed by atoms with van der Waals surface area (Å²) in [5.41, 5.74) is -0.498. The summed E-state index contributed by atoms with van der Waals surface area (Å²) in [6, 6.07) is 3.01. The maximum absolute atomic E-state index is 11.2. The molecule has 2 rings (SSSR count). The van der Waals surface area contributed by atoms with Gasteiger partial charge in [-0.05, 0) is 13.0 Å². The summed E-state index contributed by atoms with van der Waals surface area (Å²) in [7, 11) is 0. The van der Waals surface area contributed by atoms with Gasteiger partial charge in [-0.15, -0.1) is 0 Å². The first-order valence-corrected chi connectivity index (χ1v) is 4.75. The van der Waals surface area contributed by atoms with E-state index >= 15 is 0 Å². The monoisotopic (exact) mass is 245 g/mol. The van der Waals surface area contributed by atoms with Gasteiger partial charge in [0.2, 0.25) is 0 Å². The van der Waals surface area contributed by atoms with Crippen molar-refractivity contribution in [1.82, 2.24) is 5.32 Å². The van der Waals surface area contributed by atoms with Crippen LogP contribution >= 0.6 is 0 Å². The minimum Gasteiger partial charge on any atom is -0.310 e. The number of anilines is 1. The number of benzene rings is 1. The zero-order valence-corrected chi connectivity index (χ0v) is 9.05. The number of carbonyl (C=O) groups excluding carboxylic acids is 2. The quantitative estimate of drug-likeness (QED) is 0.437. The normalized spacial score (nSPS) is 13.1. The molecule has 1 aliphatic heterocycles. The average Bonchev–Trinajstić information content (AvgIpc) is 2.30. The first-order chi connectivity index (χ1) is 8.45. The Kier molecular flexibility index (Phi) is 2.44. The summed E-state index contributed by atoms with van der Waals surface area (Å²) in [6.45, 7) is 1.39. The van der Waals surface area contributed by atoms with Crippen molar-refractivity contribution in [2.24, 2.45) is 0 Å². The summed E-state index contributed by atoms with van der Waals surface area (Å²) in [4.78, 5) is 32.5. The highest BCUT2D eigenvalue weighted by Gasteiger charge is 2.33. The molecule has 1 heterocycles. The number of amides is 2. The summed E-state index contributed by atoms with van der Waals surface area (Å²) in [5, 5.41) is 25.4. The van der Waals surface area contributed by atoms with Gasteiger partial charge in [0.05, 0.1) is 22.2 Å². The zero-order chi connectivity index (χ0) is 13.4. The van der Waals surface area contributed by atoms with E-state index in [0.29, 0.717) is 0 Å². The van der Waals surface area contributed by atoms with Gasteiger partial charge < -0.3 is 5.32 Å². The Morgan fingerprint density at radius 2 is 2.17 bits per heavy atom. The zero-order valence-electron chi connectivity index (χ0n) is 9.05. The van der Waals surface area contributed by atoms with Gasteiger partial charge in [0.25, 0.3) is 5.69 Å². The molecule has 1 aliphatic rings. The number of fused-ring (bicyclic) bond motifs is 1. The Balaban J connectivity index is 2.77. The van der Waals surface area contributed by atoms with E-state index in [1.54, 1.807) is 6.07 Å². The van der Waals surface area contributed by atoms with Gasteiger partial charge in [-0.25, -0.2) is 5.32 Å². The first-order valence-electron chi connectivity index (χ1n) is 4.75. The standard InChI is InChI=1S/C10H5N4O4/c1-4-5(3-11)2-6-7(8(4)14(17)18)13-10(16)9(15)12-6/h2H,1H3,(H,13,16). The second kappa shape index (κ2) is 3.81. The predicted molar refractivity (Wildman–Crippen MR) is 58.0 cm³/mol. The third-order valence-corrected chi connectivity index (χ3v) is 2.49. The molecule has 0 spiro atoms. The van der Waals surface area contributed by atoms with Gasteiger partial charge >= 0.3 is 11.8 Å². The van der Waals surface area contributed by atoms with Gasteiger partial charge in [0, 0.05) is 5.56 Å². The molecule has 1 aromatic rings. The second-order valence-electron chi connectivity index (χ2n) is 3.53. The molecule has 18 heavy (non-hydrogen) atoms. The summed E-state index contributed by atoms with van der Waals surface area (Å²) in [6.07, 6.45) is 0. The van der Waals surface area contributed by atoms with E-state index in [0.717, 1.165) is 0 Å². The minimum absolute atomic E-state index is 0.0353. The number of nitrogens with one attached hydrogen (secondary N) is 1. The van der Waals surface area contributed by atoms with Crippen molar-refractivity contribution in [3.63, 3.8) is 0 Å². The number of hydrogen-bond donors (Lipinski definition) is 1. The molecule has 1 N–H and O–H groups in total. The molecule has 0 saturated heterocycles. The lowest BCUT2D eigenvalue weighted by atomic mass is 10.0. The lowest BCUT2D eigenvalue weighted by Gasteiger charge is -2.16. The highest BCUT2D eigenvalue weighted by molar-refractivity contribution is 6.42. The maximum atomic E-state index is 11.2. The van der Waals surface area contributed by atoms with Crippen molar-refractivity contribution in [2.75, 3.05) is 5.32 Å². The lowest BCUT2D eigenvalue weighted by Crippen LogP contribution is -2.33. The highest BCUT2D eigenvalue weighted by Crippen LogP contribution is 2.39. The lowest BCUT2D eigenvalue weighted by molar-refractivity contribution is -0.384. The van der Waals surface area contributed by atoms with Crippen molar-refractivity contribution in [1.29, 1.82) is 5.26 Å². The Bertz CT molecular complexity index is 644. The molecule has 0 aliphatic carbocycles. The molecule has 8 nitrogen and oxygen atoms in total. The van der Waals surface area contributed by atoms with E-state index in [-0.39, 0.29) is 22.5 Å². The van der Waals surface area contributed by atoms with E-state index in [1.165, 1.54) is 13.0 Å². The van der Waals surface area contributed by atoms with Gasteiger partial charge in [0.1, 0.15) is 5.69 Å². The molecule has 0 saturated carbocycles. The van der Waals surface area contributed by atoms with Crippen LogP contribution in [0.5, 0.6) is 0 Å². The van der Waals surface area contributed by atoms with Gasteiger partial charge in [0.15, 0.2) is 0 Å². The number of nitrogens with zero attached hydrogens (tertiary/aromatic N) is 3. The van der Waals surface area contributed by atoms with Crippen molar-refractivity contribution in [3.8, 4) is 6.07 Å². The van der Waals surface area contributed by atoms with Crippen LogP contribution in [0.1, 0.15) is 11.1 Å². The van der Waals surface area contributed by atoms with Crippen molar-refractivity contribution in [2.45, 2.75) is 6.92 Å². The van der Waals surface area contributed by atoms with Crippen LogP contribution in [-0.4, -0.2) is 16.7 Å². The SMILES string of the molecule is Cc1c(C#N)cc2c(c1[N+](=O)[O-])NC(=O)C(=O)[N]2. The summed E-state index contributed by atoms with van der Waals surface area (Å²) >= 11 is 0. The fraction of sp³-hybridized carbons (Fsp3) is 0.100. The van der Waals surface area contributed by atoms with Crippen LogP contribution in [0.15, 0.2) is 6.07 Å². The van der Waals surface area contributed by atoms with Crippen LogP contribution in [0.3, 0.4) is 0 Å². The minimum atomic E-state index is -1.05. The van der Waals surface area contributed by atoms with Crippen molar-refractivity contribution < 1.29 is 14.5 Å². The van der Waals surface area contributed by atoms with Crippen LogP contribution in [-0.2, 0) is 9.59 Å². The maximum Gasteiger partial charge on any atom is 0.335 e. The molecule has 89 valence electrons. The van der Waals surface area contributed by atoms with E-state index in [2.05, 4.69) is 10.6 Å². The molecule has 0 bridgehead atoms. The number of nitro benzene ring substituents is 1.